The van der Waals surface area contributed by atoms with Crippen LogP contribution in [0.1, 0.15) is 12.8 Å². The first kappa shape index (κ1) is 9.81. The molecule has 0 bridgehead atoms. The van der Waals surface area contributed by atoms with Gasteiger partial charge in [0, 0.05) is 5.02 Å². The minimum absolute atomic E-state index is 0.352. The van der Waals surface area contributed by atoms with E-state index in [-0.39, 0.29) is 0 Å². The third kappa shape index (κ3) is 2.20. The Hall–Kier alpha value is -0.730. The quantitative estimate of drug-likeness (QED) is 0.834. The van der Waals surface area contributed by atoms with Gasteiger partial charge in [0.1, 0.15) is 5.75 Å². The summed E-state index contributed by atoms with van der Waals surface area (Å²) in [6.45, 7) is 0.778. The highest BCUT2D eigenvalue weighted by atomic mass is 35.5. The Kier molecular flexibility index (Phi) is 2.94. The fraction of sp³-hybridized carbons (Fsp3) is 0.455. The van der Waals surface area contributed by atoms with E-state index >= 15 is 0 Å². The maximum Gasteiger partial charge on any atom is 0.119 e. The number of benzene rings is 1. The van der Waals surface area contributed by atoms with Crippen LogP contribution in [0.25, 0.3) is 0 Å². The Bertz CT molecular complexity index is 293. The van der Waals surface area contributed by atoms with Crippen molar-refractivity contribution in [2.24, 2.45) is 11.7 Å². The summed E-state index contributed by atoms with van der Waals surface area (Å²) in [5.41, 5.74) is 5.54. The molecule has 0 amide bonds. The van der Waals surface area contributed by atoms with Crippen LogP contribution in [0.15, 0.2) is 24.3 Å². The zero-order valence-corrected chi connectivity index (χ0v) is 8.70. The number of rotatable bonds is 3. The van der Waals surface area contributed by atoms with Crippen LogP contribution in [-0.4, -0.2) is 12.6 Å². The summed E-state index contributed by atoms with van der Waals surface area (Å²) in [6.07, 6.45) is 2.52. The highest BCUT2D eigenvalue weighted by Gasteiger charge is 2.29. The normalized spacial score (nSPS) is 25.6. The van der Waals surface area contributed by atoms with E-state index in [1.807, 2.05) is 24.3 Å². The summed E-state index contributed by atoms with van der Waals surface area (Å²) >= 11 is 5.77. The molecule has 76 valence electrons. The zero-order valence-electron chi connectivity index (χ0n) is 7.95. The molecule has 0 spiro atoms. The molecule has 3 heteroatoms. The van der Waals surface area contributed by atoms with E-state index in [1.165, 1.54) is 0 Å². The monoisotopic (exact) mass is 211 g/mol. The van der Waals surface area contributed by atoms with Crippen LogP contribution in [0.4, 0.5) is 0 Å². The van der Waals surface area contributed by atoms with Crippen LogP contribution in [0.5, 0.6) is 5.75 Å². The van der Waals surface area contributed by atoms with Crippen molar-refractivity contribution in [3.05, 3.63) is 29.3 Å². The molecule has 0 aliphatic heterocycles. The maximum absolute atomic E-state index is 5.77. The molecular weight excluding hydrogens is 198 g/mol. The number of halogens is 1. The Morgan fingerprint density at radius 1 is 1.29 bits per heavy atom. The van der Waals surface area contributed by atoms with Crippen LogP contribution in [0, 0.1) is 5.92 Å². The average Bonchev–Trinajstić information content (AvgIpc) is 2.13. The molecule has 1 aromatic carbocycles. The van der Waals surface area contributed by atoms with E-state index in [9.17, 15) is 0 Å². The molecule has 1 fully saturated rings. The summed E-state index contributed by atoms with van der Waals surface area (Å²) < 4.78 is 5.72. The number of nitrogens with two attached hydrogens (primary N) is 1. The van der Waals surface area contributed by atoms with E-state index in [4.69, 9.17) is 22.1 Å². The Morgan fingerprint density at radius 3 is 2.50 bits per heavy atom. The first-order valence-corrected chi connectivity index (χ1v) is 5.28. The molecule has 0 atom stereocenters. The molecule has 0 aromatic heterocycles. The van der Waals surface area contributed by atoms with Gasteiger partial charge < -0.3 is 10.5 Å². The Balaban J connectivity index is 1.84. The van der Waals surface area contributed by atoms with Crippen LogP contribution >= 0.6 is 11.6 Å². The molecule has 0 unspecified atom stereocenters. The van der Waals surface area contributed by atoms with E-state index in [2.05, 4.69) is 0 Å². The van der Waals surface area contributed by atoms with Gasteiger partial charge >= 0.3 is 0 Å². The van der Waals surface area contributed by atoms with Crippen molar-refractivity contribution >= 4 is 11.6 Å². The van der Waals surface area contributed by atoms with Gasteiger partial charge in [-0.2, -0.15) is 0 Å². The van der Waals surface area contributed by atoms with Gasteiger partial charge in [0.2, 0.25) is 0 Å². The second-order valence-corrected chi connectivity index (χ2v) is 4.20. The van der Waals surface area contributed by atoms with Crippen LogP contribution in [0.3, 0.4) is 0 Å². The van der Waals surface area contributed by atoms with Gasteiger partial charge in [-0.1, -0.05) is 11.6 Å². The minimum Gasteiger partial charge on any atom is -0.490 e. The van der Waals surface area contributed by atoms with Gasteiger partial charge in [-0.05, 0) is 49.6 Å². The van der Waals surface area contributed by atoms with Crippen molar-refractivity contribution < 1.29 is 4.74 Å². The summed E-state index contributed by atoms with van der Waals surface area (Å²) in [5, 5.41) is 0.741. The molecule has 2 nitrogen and oxygen atoms in total. The number of hydrogen-bond acceptors (Lipinski definition) is 2. The SMILES string of the molecule is NCC1CC(Oc2ccc(Cl)cc2)C1. The lowest BCUT2D eigenvalue weighted by atomic mass is 9.82. The summed E-state index contributed by atoms with van der Waals surface area (Å²) in [6, 6.07) is 7.49. The van der Waals surface area contributed by atoms with Crippen LogP contribution < -0.4 is 10.5 Å². The summed E-state index contributed by atoms with van der Waals surface area (Å²) in [7, 11) is 0. The lowest BCUT2D eigenvalue weighted by Crippen LogP contribution is -2.37. The van der Waals surface area contributed by atoms with Gasteiger partial charge in [0.05, 0.1) is 6.10 Å². The predicted octanol–water partition coefficient (Wildman–Crippen LogP) is 2.46. The Morgan fingerprint density at radius 2 is 1.93 bits per heavy atom. The van der Waals surface area contributed by atoms with E-state index < -0.39 is 0 Å². The molecule has 0 radical (unpaired) electrons. The van der Waals surface area contributed by atoms with E-state index in [1.54, 1.807) is 0 Å². The van der Waals surface area contributed by atoms with Crippen molar-refractivity contribution in [3.8, 4) is 5.75 Å². The molecule has 1 aliphatic carbocycles. The summed E-state index contributed by atoms with van der Waals surface area (Å²) in [5.74, 6) is 1.56. The fourth-order valence-corrected chi connectivity index (χ4v) is 1.79. The van der Waals surface area contributed by atoms with E-state index in [0.717, 1.165) is 30.2 Å². The van der Waals surface area contributed by atoms with Crippen molar-refractivity contribution in [3.63, 3.8) is 0 Å². The molecule has 1 aliphatic rings. The second-order valence-electron chi connectivity index (χ2n) is 3.77. The fourth-order valence-electron chi connectivity index (χ4n) is 1.67. The first-order chi connectivity index (χ1) is 6.78. The zero-order chi connectivity index (χ0) is 9.97. The molecule has 0 saturated heterocycles. The van der Waals surface area contributed by atoms with Crippen molar-refractivity contribution in [1.29, 1.82) is 0 Å². The highest BCUT2D eigenvalue weighted by Crippen LogP contribution is 2.30. The van der Waals surface area contributed by atoms with Gasteiger partial charge in [0.15, 0.2) is 0 Å². The smallest absolute Gasteiger partial charge is 0.119 e. The van der Waals surface area contributed by atoms with Crippen molar-refractivity contribution in [1.82, 2.24) is 0 Å². The van der Waals surface area contributed by atoms with Gasteiger partial charge in [0.25, 0.3) is 0 Å². The molecule has 2 rings (SSSR count). The van der Waals surface area contributed by atoms with Gasteiger partial charge in [-0.15, -0.1) is 0 Å². The van der Waals surface area contributed by atoms with Crippen molar-refractivity contribution in [2.75, 3.05) is 6.54 Å². The minimum atomic E-state index is 0.352. The van der Waals surface area contributed by atoms with E-state index in [0.29, 0.717) is 12.0 Å². The highest BCUT2D eigenvalue weighted by molar-refractivity contribution is 6.30. The molecular formula is C11H14ClNO. The molecule has 2 N–H and O–H groups in total. The molecule has 0 heterocycles. The molecule has 1 aromatic rings. The lowest BCUT2D eigenvalue weighted by Gasteiger charge is -2.34. The maximum atomic E-state index is 5.77. The number of hydrogen-bond donors (Lipinski definition) is 1. The standard InChI is InChI=1S/C11H14ClNO/c12-9-1-3-10(4-2-9)14-11-5-8(6-11)7-13/h1-4,8,11H,5-7,13H2. The largest absolute Gasteiger partial charge is 0.490 e. The number of ether oxygens (including phenoxy) is 1. The van der Waals surface area contributed by atoms with Gasteiger partial charge in [-0.25, -0.2) is 0 Å². The van der Waals surface area contributed by atoms with Crippen molar-refractivity contribution in [2.45, 2.75) is 18.9 Å². The third-order valence-corrected chi connectivity index (χ3v) is 2.89. The second kappa shape index (κ2) is 4.20. The Labute approximate surface area is 89.0 Å². The predicted molar refractivity (Wildman–Crippen MR) is 57.6 cm³/mol. The lowest BCUT2D eigenvalue weighted by molar-refractivity contribution is 0.0690. The summed E-state index contributed by atoms with van der Waals surface area (Å²) in [4.78, 5) is 0. The average molecular weight is 212 g/mol. The molecule has 14 heavy (non-hydrogen) atoms. The van der Waals surface area contributed by atoms with Gasteiger partial charge in [-0.3, -0.25) is 0 Å². The topological polar surface area (TPSA) is 35.2 Å². The van der Waals surface area contributed by atoms with Crippen LogP contribution in [0.2, 0.25) is 5.02 Å². The first-order valence-electron chi connectivity index (χ1n) is 4.90. The van der Waals surface area contributed by atoms with Crippen LogP contribution in [-0.2, 0) is 0 Å². The third-order valence-electron chi connectivity index (χ3n) is 2.64. The molecule has 1 saturated carbocycles.